The van der Waals surface area contributed by atoms with Crippen LogP contribution in [0.3, 0.4) is 0 Å². The maximum Gasteiger partial charge on any atom is 0.0666 e. The predicted molar refractivity (Wildman–Crippen MR) is 48.3 cm³/mol. The molecule has 0 saturated heterocycles. The highest BCUT2D eigenvalue weighted by Gasteiger charge is 2.50. The van der Waals surface area contributed by atoms with E-state index in [1.165, 1.54) is 18.4 Å². The van der Waals surface area contributed by atoms with Crippen LogP contribution < -0.4 is 0 Å². The summed E-state index contributed by atoms with van der Waals surface area (Å²) in [6, 6.07) is 2.26. The van der Waals surface area contributed by atoms with Crippen molar-refractivity contribution in [3.05, 3.63) is 11.6 Å². The van der Waals surface area contributed by atoms with Gasteiger partial charge in [0.15, 0.2) is 0 Å². The fraction of sp³-hybridized carbons (Fsp3) is 0.727. The van der Waals surface area contributed by atoms with Gasteiger partial charge in [0.25, 0.3) is 0 Å². The van der Waals surface area contributed by atoms with Crippen molar-refractivity contribution < 1.29 is 0 Å². The summed E-state index contributed by atoms with van der Waals surface area (Å²) < 4.78 is 0. The van der Waals surface area contributed by atoms with Crippen LogP contribution in [-0.4, -0.2) is 0 Å². The number of fused-ring (bicyclic) bond motifs is 1. The third-order valence-electron chi connectivity index (χ3n) is 3.87. The number of rotatable bonds is 1. The molecule has 0 aromatic rings. The Kier molecular flexibility index (Phi) is 1.54. The maximum atomic E-state index is 8.63. The van der Waals surface area contributed by atoms with E-state index >= 15 is 0 Å². The predicted octanol–water partition coefficient (Wildman–Crippen LogP) is 2.89. The third kappa shape index (κ3) is 0.843. The quantitative estimate of drug-likeness (QED) is 0.542. The molecule has 0 heterocycles. The second kappa shape index (κ2) is 2.36. The van der Waals surface area contributed by atoms with Crippen molar-refractivity contribution in [3.63, 3.8) is 0 Å². The van der Waals surface area contributed by atoms with Gasteiger partial charge in [-0.2, -0.15) is 5.26 Å². The average molecular weight is 161 g/mol. The van der Waals surface area contributed by atoms with Gasteiger partial charge in [0.1, 0.15) is 0 Å². The van der Waals surface area contributed by atoms with E-state index in [9.17, 15) is 0 Å². The van der Waals surface area contributed by atoms with E-state index in [0.717, 1.165) is 11.8 Å². The van der Waals surface area contributed by atoms with E-state index in [1.807, 2.05) is 0 Å². The first-order valence-electron chi connectivity index (χ1n) is 4.72. The molecular weight excluding hydrogens is 146 g/mol. The molecule has 0 amide bonds. The molecule has 1 fully saturated rings. The monoisotopic (exact) mass is 161 g/mol. The molecule has 2 bridgehead atoms. The number of hydrogen-bond acceptors (Lipinski definition) is 1. The molecule has 3 aliphatic rings. The fourth-order valence-corrected chi connectivity index (χ4v) is 2.77. The smallest absolute Gasteiger partial charge is 0.0666 e. The lowest BCUT2D eigenvalue weighted by Crippen LogP contribution is -2.47. The Hall–Kier alpha value is -0.770. The number of nitrogens with zero attached hydrogens (tertiary/aromatic N) is 1. The van der Waals surface area contributed by atoms with Gasteiger partial charge in [-0.15, -0.1) is 0 Å². The van der Waals surface area contributed by atoms with Crippen molar-refractivity contribution in [1.82, 2.24) is 0 Å². The van der Waals surface area contributed by atoms with E-state index in [0.29, 0.717) is 11.8 Å². The average Bonchev–Trinajstić information content (AvgIpc) is 2.05. The molecule has 12 heavy (non-hydrogen) atoms. The fourth-order valence-electron chi connectivity index (χ4n) is 2.77. The van der Waals surface area contributed by atoms with Crippen LogP contribution in [0.25, 0.3) is 0 Å². The summed E-state index contributed by atoms with van der Waals surface area (Å²) in [4.78, 5) is 0. The standard InChI is InChI=1S/C11H15N/c1-11(2)9-4-3-8(5-6-12)10(11)7-9/h3,9-10H,4-5,7H2,1-2H3/t9-,10-/m0/s1. The van der Waals surface area contributed by atoms with E-state index in [2.05, 4.69) is 26.0 Å². The molecule has 0 aliphatic heterocycles. The minimum absolute atomic E-state index is 0.487. The van der Waals surface area contributed by atoms with Gasteiger partial charge in [0, 0.05) is 0 Å². The van der Waals surface area contributed by atoms with Crippen molar-refractivity contribution in [2.75, 3.05) is 0 Å². The third-order valence-corrected chi connectivity index (χ3v) is 3.87. The Labute approximate surface area is 74.1 Å². The first kappa shape index (κ1) is 7.86. The lowest BCUT2D eigenvalue weighted by molar-refractivity contribution is -0.00704. The summed E-state index contributed by atoms with van der Waals surface area (Å²) in [5.74, 6) is 1.61. The molecule has 0 aromatic carbocycles. The lowest BCUT2D eigenvalue weighted by Gasteiger charge is -2.56. The zero-order valence-electron chi connectivity index (χ0n) is 7.80. The largest absolute Gasteiger partial charge is 0.198 e. The Morgan fingerprint density at radius 3 is 2.92 bits per heavy atom. The molecule has 3 rings (SSSR count). The van der Waals surface area contributed by atoms with Crippen LogP contribution in [-0.2, 0) is 0 Å². The molecule has 1 nitrogen and oxygen atoms in total. The van der Waals surface area contributed by atoms with Crippen molar-refractivity contribution in [1.29, 1.82) is 5.26 Å². The highest BCUT2D eigenvalue weighted by atomic mass is 14.5. The van der Waals surface area contributed by atoms with Crippen molar-refractivity contribution in [3.8, 4) is 6.07 Å². The van der Waals surface area contributed by atoms with Crippen LogP contribution >= 0.6 is 0 Å². The normalized spacial score (nSPS) is 36.2. The van der Waals surface area contributed by atoms with E-state index in [1.54, 1.807) is 0 Å². The van der Waals surface area contributed by atoms with Crippen molar-refractivity contribution in [2.45, 2.75) is 33.1 Å². The molecule has 0 aromatic heterocycles. The SMILES string of the molecule is CC1(C)[C@H]2CC=C(CC#N)[C@@H]1C2. The zero-order valence-corrected chi connectivity index (χ0v) is 7.80. The van der Waals surface area contributed by atoms with Crippen molar-refractivity contribution in [2.24, 2.45) is 17.3 Å². The van der Waals surface area contributed by atoms with Gasteiger partial charge in [-0.25, -0.2) is 0 Å². The molecule has 1 heteroatoms. The molecule has 64 valence electrons. The van der Waals surface area contributed by atoms with E-state index in [4.69, 9.17) is 5.26 Å². The van der Waals surface area contributed by atoms with Crippen molar-refractivity contribution >= 4 is 0 Å². The van der Waals surface area contributed by atoms with Crippen LogP contribution in [0.1, 0.15) is 33.1 Å². The van der Waals surface area contributed by atoms with Gasteiger partial charge >= 0.3 is 0 Å². The topological polar surface area (TPSA) is 23.8 Å². The summed E-state index contributed by atoms with van der Waals surface area (Å²) in [5.41, 5.74) is 1.89. The Bertz CT molecular complexity index is 267. The number of allylic oxidation sites excluding steroid dienone is 2. The zero-order chi connectivity index (χ0) is 8.77. The molecule has 0 unspecified atom stereocenters. The van der Waals surface area contributed by atoms with Crippen LogP contribution in [0.4, 0.5) is 0 Å². The first-order chi connectivity index (χ1) is 5.66. The van der Waals surface area contributed by atoms with Gasteiger partial charge < -0.3 is 0 Å². The second-order valence-corrected chi connectivity index (χ2v) is 4.66. The summed E-state index contributed by atoms with van der Waals surface area (Å²) in [5, 5.41) is 8.63. The van der Waals surface area contributed by atoms with Gasteiger partial charge in [-0.3, -0.25) is 0 Å². The van der Waals surface area contributed by atoms with Crippen LogP contribution in [0.5, 0.6) is 0 Å². The second-order valence-electron chi connectivity index (χ2n) is 4.66. The number of hydrogen-bond donors (Lipinski definition) is 0. The van der Waals surface area contributed by atoms with Gasteiger partial charge in [-0.05, 0) is 30.1 Å². The molecular formula is C11H15N. The lowest BCUT2D eigenvalue weighted by atomic mass is 9.48. The highest BCUT2D eigenvalue weighted by molar-refractivity contribution is 5.25. The van der Waals surface area contributed by atoms with E-state index < -0.39 is 0 Å². The van der Waals surface area contributed by atoms with E-state index in [-0.39, 0.29) is 0 Å². The Balaban J connectivity index is 2.19. The minimum Gasteiger partial charge on any atom is -0.198 e. The van der Waals surface area contributed by atoms with Crippen LogP contribution in [0.15, 0.2) is 11.6 Å². The molecule has 3 aliphatic carbocycles. The van der Waals surface area contributed by atoms with Gasteiger partial charge in [0.05, 0.1) is 12.5 Å². The summed E-state index contributed by atoms with van der Waals surface area (Å²) in [7, 11) is 0. The summed E-state index contributed by atoms with van der Waals surface area (Å²) in [6.07, 6.45) is 5.50. The highest BCUT2D eigenvalue weighted by Crippen LogP contribution is 2.59. The number of nitriles is 1. The first-order valence-corrected chi connectivity index (χ1v) is 4.72. The Morgan fingerprint density at radius 1 is 1.67 bits per heavy atom. The molecule has 1 saturated carbocycles. The molecule has 0 spiro atoms. The van der Waals surface area contributed by atoms with Gasteiger partial charge in [0.2, 0.25) is 0 Å². The molecule has 0 N–H and O–H groups in total. The van der Waals surface area contributed by atoms with Gasteiger partial charge in [-0.1, -0.05) is 25.5 Å². The Morgan fingerprint density at radius 2 is 2.42 bits per heavy atom. The summed E-state index contributed by atoms with van der Waals surface area (Å²) in [6.45, 7) is 4.69. The minimum atomic E-state index is 0.487. The molecule has 2 atom stereocenters. The molecule has 0 radical (unpaired) electrons. The van der Waals surface area contributed by atoms with Crippen LogP contribution in [0, 0.1) is 28.6 Å². The summed E-state index contributed by atoms with van der Waals surface area (Å²) >= 11 is 0. The maximum absolute atomic E-state index is 8.63. The van der Waals surface area contributed by atoms with Crippen LogP contribution in [0.2, 0.25) is 0 Å².